The molecule has 0 fully saturated rings. The molecule has 0 aliphatic rings. The molecule has 8 nitrogen and oxygen atoms in total. The molecule has 2 aromatic heterocycles. The van der Waals surface area contributed by atoms with Gasteiger partial charge in [0.25, 0.3) is 0 Å². The zero-order chi connectivity index (χ0) is 31.2. The van der Waals surface area contributed by atoms with Crippen molar-refractivity contribution < 1.29 is 23.4 Å². The zero-order valence-corrected chi connectivity index (χ0v) is 27.9. The van der Waals surface area contributed by atoms with Gasteiger partial charge in [0.15, 0.2) is 17.3 Å². The number of hydrogen-bond donors (Lipinski definition) is 1. The van der Waals surface area contributed by atoms with Gasteiger partial charge in [-0.15, -0.1) is 0 Å². The van der Waals surface area contributed by atoms with Crippen molar-refractivity contribution in [1.29, 1.82) is 0 Å². The molecule has 226 valence electrons. The molecule has 0 unspecified atom stereocenters. The average Bonchev–Trinajstić information content (AvgIpc) is 3.64. The third kappa shape index (κ3) is 7.26. The summed E-state index contributed by atoms with van der Waals surface area (Å²) in [6, 6.07) is 25.2. The molecule has 2 heterocycles. The highest BCUT2D eigenvalue weighted by Gasteiger charge is 2.17. The van der Waals surface area contributed by atoms with E-state index in [9.17, 15) is 4.79 Å². The molecule has 1 amide bonds. The molecule has 44 heavy (non-hydrogen) atoms. The van der Waals surface area contributed by atoms with E-state index in [2.05, 4.69) is 72.9 Å². The second-order valence-corrected chi connectivity index (χ2v) is 11.7. The topological polar surface area (TPSA) is 87.2 Å². The first-order chi connectivity index (χ1) is 21.2. The van der Waals surface area contributed by atoms with Crippen molar-refractivity contribution in [3.8, 4) is 22.9 Å². The van der Waals surface area contributed by atoms with Crippen molar-refractivity contribution in [3.63, 3.8) is 0 Å². The van der Waals surface area contributed by atoms with Crippen LogP contribution in [0, 0.1) is 20.8 Å². The van der Waals surface area contributed by atoms with E-state index in [-0.39, 0.29) is 12.4 Å². The number of methoxy groups -OCH3 is 1. The number of nitrogens with one attached hydrogen (secondary N) is 1. The summed E-state index contributed by atoms with van der Waals surface area (Å²) in [7, 11) is 1.57. The minimum atomic E-state index is -0.491. The fraction of sp³-hybridized carbons (Fsp3) is 0.176. The third-order valence-corrected chi connectivity index (χ3v) is 9.02. The number of aromatic nitrogens is 1. The van der Waals surface area contributed by atoms with Gasteiger partial charge in [0, 0.05) is 27.1 Å². The second-order valence-electron chi connectivity index (χ2n) is 10.1. The van der Waals surface area contributed by atoms with Gasteiger partial charge in [-0.2, -0.15) is 5.10 Å². The minimum Gasteiger partial charge on any atom is -0.493 e. The fourth-order valence-electron chi connectivity index (χ4n) is 4.54. The maximum Gasteiger partial charge on any atom is 0.307 e. The Hall–Kier alpha value is -4.28. The first kappa shape index (κ1) is 31.2. The Labute approximate surface area is 272 Å². The summed E-state index contributed by atoms with van der Waals surface area (Å²) in [5, 5.41) is 4.11. The van der Waals surface area contributed by atoms with Crippen molar-refractivity contribution in [1.82, 2.24) is 9.99 Å². The molecule has 0 bridgehead atoms. The molecule has 0 saturated carbocycles. The van der Waals surface area contributed by atoms with Crippen LogP contribution in [0.2, 0.25) is 0 Å². The number of carbonyl (C=O) groups is 1. The number of nitrogens with zero attached hydrogens (tertiary/aromatic N) is 2. The smallest absolute Gasteiger partial charge is 0.307 e. The molecule has 1 N–H and O–H groups in total. The Bertz CT molecular complexity index is 1770. The number of rotatable bonds is 11. The van der Waals surface area contributed by atoms with Crippen LogP contribution in [-0.2, 0) is 13.2 Å². The molecule has 0 atom stereocenters. The molecule has 10 heteroatoms. The Morgan fingerprint density at radius 2 is 1.59 bits per heavy atom. The number of furan rings is 1. The highest BCUT2D eigenvalue weighted by molar-refractivity contribution is 9.13. The van der Waals surface area contributed by atoms with Gasteiger partial charge in [-0.1, -0.05) is 29.8 Å². The predicted octanol–water partition coefficient (Wildman–Crippen LogP) is 8.45. The van der Waals surface area contributed by atoms with Crippen LogP contribution in [0.15, 0.2) is 97.3 Å². The molecule has 0 radical (unpaired) electrons. The van der Waals surface area contributed by atoms with Gasteiger partial charge in [-0.3, -0.25) is 4.79 Å². The lowest BCUT2D eigenvalue weighted by Crippen LogP contribution is -2.16. The number of benzene rings is 3. The third-order valence-electron chi connectivity index (χ3n) is 6.88. The Kier molecular flexibility index (Phi) is 9.92. The summed E-state index contributed by atoms with van der Waals surface area (Å²) >= 11 is 7.17. The van der Waals surface area contributed by atoms with E-state index in [0.717, 1.165) is 11.3 Å². The Balaban J connectivity index is 1.17. The largest absolute Gasteiger partial charge is 0.493 e. The van der Waals surface area contributed by atoms with Crippen molar-refractivity contribution in [3.05, 3.63) is 127 Å². The van der Waals surface area contributed by atoms with Gasteiger partial charge in [0.2, 0.25) is 0 Å². The lowest BCUT2D eigenvalue weighted by Gasteiger charge is -2.15. The number of ether oxygens (including phenoxy) is 3. The monoisotopic (exact) mass is 719 g/mol. The van der Waals surface area contributed by atoms with Gasteiger partial charge in [0.05, 0.1) is 17.8 Å². The number of aryl methyl sites for hydroxylation is 3. The van der Waals surface area contributed by atoms with Crippen LogP contribution >= 0.6 is 31.9 Å². The average molecular weight is 721 g/mol. The van der Waals surface area contributed by atoms with Crippen LogP contribution in [0.3, 0.4) is 0 Å². The van der Waals surface area contributed by atoms with Crippen molar-refractivity contribution in [2.24, 2.45) is 5.10 Å². The van der Waals surface area contributed by atoms with E-state index in [1.807, 2.05) is 55.5 Å². The quantitative estimate of drug-likeness (QED) is 0.109. The lowest BCUT2D eigenvalue weighted by molar-refractivity contribution is 0.0923. The standard InChI is InChI=1S/C34H31Br2N3O5/c1-21-5-9-24(10-6-21)19-43-33-30(41-4)17-25(31(35)32(33)36)18-37-38-34(40)29-16-15-28(44-29)20-42-27-13-11-26(12-14-27)39-22(2)7-8-23(39)3/h5-18H,19-20H2,1-4H3,(H,38,40)/b37-18+. The number of carbonyl (C=O) groups excluding carboxylic acids is 1. The van der Waals surface area contributed by atoms with Crippen LogP contribution in [0.25, 0.3) is 5.69 Å². The van der Waals surface area contributed by atoms with Crippen molar-refractivity contribution >= 4 is 44.0 Å². The summed E-state index contributed by atoms with van der Waals surface area (Å²) in [5.74, 6) is 1.90. The summed E-state index contributed by atoms with van der Waals surface area (Å²) < 4.78 is 26.7. The Morgan fingerprint density at radius 1 is 0.886 bits per heavy atom. The molecule has 5 aromatic rings. The SMILES string of the molecule is COc1cc(/C=N/NC(=O)c2ccc(COc3ccc(-n4c(C)ccc4C)cc3)o2)c(Br)c(Br)c1OCc1ccc(C)cc1. The first-order valence-corrected chi connectivity index (χ1v) is 15.4. The minimum absolute atomic E-state index is 0.118. The van der Waals surface area contributed by atoms with E-state index in [0.29, 0.717) is 44.1 Å². The molecule has 0 aliphatic heterocycles. The van der Waals surface area contributed by atoms with Gasteiger partial charge >= 0.3 is 5.91 Å². The number of amides is 1. The van der Waals surface area contributed by atoms with Crippen molar-refractivity contribution in [2.45, 2.75) is 34.0 Å². The number of hydrazone groups is 1. The zero-order valence-electron chi connectivity index (χ0n) is 24.7. The van der Waals surface area contributed by atoms with E-state index in [1.54, 1.807) is 25.3 Å². The van der Waals surface area contributed by atoms with E-state index in [4.69, 9.17) is 18.6 Å². The summed E-state index contributed by atoms with van der Waals surface area (Å²) in [6.45, 7) is 6.74. The van der Waals surface area contributed by atoms with Crippen LogP contribution < -0.4 is 19.6 Å². The maximum absolute atomic E-state index is 12.7. The maximum atomic E-state index is 12.7. The normalized spacial score (nSPS) is 11.1. The summed E-state index contributed by atoms with van der Waals surface area (Å²) in [5.41, 5.74) is 8.78. The lowest BCUT2D eigenvalue weighted by atomic mass is 10.1. The molecular formula is C34H31Br2N3O5. The summed E-state index contributed by atoms with van der Waals surface area (Å²) in [4.78, 5) is 12.7. The highest BCUT2D eigenvalue weighted by Crippen LogP contribution is 2.42. The van der Waals surface area contributed by atoms with Crippen LogP contribution in [0.5, 0.6) is 17.2 Å². The Morgan fingerprint density at radius 3 is 2.27 bits per heavy atom. The van der Waals surface area contributed by atoms with Gasteiger partial charge in [0.1, 0.15) is 24.7 Å². The van der Waals surface area contributed by atoms with E-state index < -0.39 is 5.91 Å². The molecule has 3 aromatic carbocycles. The molecule has 0 spiro atoms. The molecule has 5 rings (SSSR count). The van der Waals surface area contributed by atoms with Crippen LogP contribution in [0.4, 0.5) is 0 Å². The van der Waals surface area contributed by atoms with Gasteiger partial charge in [-0.05, 0) is 113 Å². The van der Waals surface area contributed by atoms with Crippen LogP contribution in [0.1, 0.15) is 44.4 Å². The van der Waals surface area contributed by atoms with Gasteiger partial charge < -0.3 is 23.2 Å². The highest BCUT2D eigenvalue weighted by atomic mass is 79.9. The molecule has 0 saturated heterocycles. The first-order valence-electron chi connectivity index (χ1n) is 13.8. The predicted molar refractivity (Wildman–Crippen MR) is 177 cm³/mol. The second kappa shape index (κ2) is 14.0. The summed E-state index contributed by atoms with van der Waals surface area (Å²) in [6.07, 6.45) is 1.51. The van der Waals surface area contributed by atoms with Gasteiger partial charge in [-0.25, -0.2) is 5.43 Å². The number of hydrogen-bond acceptors (Lipinski definition) is 6. The van der Waals surface area contributed by atoms with Crippen LogP contribution in [-0.4, -0.2) is 23.8 Å². The van der Waals surface area contributed by atoms with E-state index in [1.165, 1.54) is 23.2 Å². The molecular weight excluding hydrogens is 690 g/mol. The number of halogens is 2. The van der Waals surface area contributed by atoms with Crippen molar-refractivity contribution in [2.75, 3.05) is 7.11 Å². The fourth-order valence-corrected chi connectivity index (χ4v) is 5.47. The molecule has 0 aliphatic carbocycles. The van der Waals surface area contributed by atoms with E-state index >= 15 is 0 Å².